The Bertz CT molecular complexity index is 1930. The Morgan fingerprint density at radius 3 is 2.16 bits per heavy atom. The maximum absolute atomic E-state index is 14.8. The summed E-state index contributed by atoms with van der Waals surface area (Å²) in [5, 5.41) is 17.7. The molecular weight excluding hydrogens is 887 g/mol. The van der Waals surface area contributed by atoms with Gasteiger partial charge < -0.3 is 34.9 Å². The first kappa shape index (κ1) is 57.9. The number of nitrogens with zero attached hydrogens (tertiary/aromatic N) is 3. The van der Waals surface area contributed by atoms with E-state index >= 15 is 0 Å². The van der Waals surface area contributed by atoms with Crippen molar-refractivity contribution in [3.63, 3.8) is 0 Å². The zero-order chi connectivity index (χ0) is 50.9. The van der Waals surface area contributed by atoms with Crippen LogP contribution in [-0.2, 0) is 35.1 Å². The molecule has 3 N–H and O–H groups in total. The van der Waals surface area contributed by atoms with Crippen molar-refractivity contribution in [3.8, 4) is 5.75 Å². The van der Waals surface area contributed by atoms with Gasteiger partial charge in [0.25, 0.3) is 5.91 Å². The van der Waals surface area contributed by atoms with Gasteiger partial charge in [0, 0.05) is 49.4 Å². The SMILES string of the molecule is CCCO[C@H](C[C@H](C(C)C)N(CCC)C(=O)[C@@H](CC(=O)[C@H]1CCCCN1C)[C@@H](C)CC)c1nc(C(=O)N[C@@H](Cc2ccc(OC(=O)[C@H](NC(=O)OC(C)(C)C)C(C)C)cc2)C[C@H](C)C(=O)O)cs1. The minimum atomic E-state index is -0.993. The molecule has 1 aliphatic heterocycles. The van der Waals surface area contributed by atoms with Crippen molar-refractivity contribution >= 4 is 47.0 Å². The second-order valence-electron chi connectivity index (χ2n) is 20.4. The number of nitrogens with one attached hydrogen (secondary N) is 2. The fourth-order valence-electron chi connectivity index (χ4n) is 8.63. The molecule has 0 bridgehead atoms. The number of alkyl carbamates (subject to hydrolysis) is 1. The molecule has 1 fully saturated rings. The lowest BCUT2D eigenvalue weighted by Gasteiger charge is -2.40. The molecule has 1 aromatic carbocycles. The predicted molar refractivity (Wildman–Crippen MR) is 266 cm³/mol. The van der Waals surface area contributed by atoms with Crippen LogP contribution in [-0.4, -0.2) is 112 Å². The number of ketones is 1. The average Bonchev–Trinajstić information content (AvgIpc) is 3.77. The Balaban J connectivity index is 1.83. The van der Waals surface area contributed by atoms with Gasteiger partial charge in [-0.05, 0) is 108 Å². The Morgan fingerprint density at radius 1 is 0.926 bits per heavy atom. The summed E-state index contributed by atoms with van der Waals surface area (Å²) in [6.07, 6.45) is 5.04. The van der Waals surface area contributed by atoms with Crippen LogP contribution in [0.1, 0.15) is 168 Å². The highest BCUT2D eigenvalue weighted by Gasteiger charge is 2.39. The fraction of sp³-hybridized carbons (Fsp3) is 0.712. The molecule has 3 amide bonds. The molecule has 8 atom stereocenters. The number of likely N-dealkylation sites (N-methyl/N-ethyl adjacent to an activating group) is 1. The van der Waals surface area contributed by atoms with Crippen LogP contribution in [0.25, 0.3) is 0 Å². The van der Waals surface area contributed by atoms with Gasteiger partial charge in [0.15, 0.2) is 5.78 Å². The summed E-state index contributed by atoms with van der Waals surface area (Å²) < 4.78 is 17.4. The third kappa shape index (κ3) is 18.2. The molecule has 0 saturated carbocycles. The van der Waals surface area contributed by atoms with Crippen molar-refractivity contribution in [3.05, 3.63) is 45.9 Å². The van der Waals surface area contributed by atoms with E-state index in [9.17, 15) is 33.9 Å². The molecule has 0 radical (unpaired) electrons. The number of carbonyl (C=O) groups excluding carboxylic acids is 5. The largest absolute Gasteiger partial charge is 0.481 e. The van der Waals surface area contributed by atoms with Crippen molar-refractivity contribution in [1.29, 1.82) is 0 Å². The number of ether oxygens (including phenoxy) is 3. The summed E-state index contributed by atoms with van der Waals surface area (Å²) >= 11 is 1.31. The second kappa shape index (κ2) is 27.7. The van der Waals surface area contributed by atoms with Crippen LogP contribution in [0, 0.1) is 29.6 Å². The van der Waals surface area contributed by atoms with Gasteiger partial charge in [0.1, 0.15) is 34.2 Å². The van der Waals surface area contributed by atoms with Crippen molar-refractivity contribution in [2.24, 2.45) is 29.6 Å². The fourth-order valence-corrected chi connectivity index (χ4v) is 9.49. The Labute approximate surface area is 410 Å². The number of aliphatic carboxylic acids is 1. The van der Waals surface area contributed by atoms with Crippen LogP contribution < -0.4 is 15.4 Å². The number of piperidine rings is 1. The van der Waals surface area contributed by atoms with E-state index in [1.54, 1.807) is 71.2 Å². The van der Waals surface area contributed by atoms with Crippen molar-refractivity contribution in [2.75, 3.05) is 26.7 Å². The molecule has 382 valence electrons. The predicted octanol–water partition coefficient (Wildman–Crippen LogP) is 9.28. The van der Waals surface area contributed by atoms with Crippen molar-refractivity contribution in [1.82, 2.24) is 25.4 Å². The maximum Gasteiger partial charge on any atom is 0.408 e. The number of carbonyl (C=O) groups is 6. The number of benzene rings is 1. The Morgan fingerprint density at radius 2 is 1.60 bits per heavy atom. The molecule has 1 aliphatic rings. The molecule has 2 aromatic rings. The van der Waals surface area contributed by atoms with E-state index in [2.05, 4.69) is 50.2 Å². The molecule has 0 spiro atoms. The van der Waals surface area contributed by atoms with E-state index in [0.29, 0.717) is 24.6 Å². The second-order valence-corrected chi connectivity index (χ2v) is 21.3. The third-order valence-electron chi connectivity index (χ3n) is 12.7. The van der Waals surface area contributed by atoms with Crippen LogP contribution in [0.2, 0.25) is 0 Å². The molecule has 68 heavy (non-hydrogen) atoms. The first-order chi connectivity index (χ1) is 32.0. The lowest BCUT2D eigenvalue weighted by Crippen LogP contribution is -2.50. The first-order valence-corrected chi connectivity index (χ1v) is 25.8. The number of Topliss-reactive ketones (excluding diaryl/α,β-unsaturated/α-hetero) is 1. The third-order valence-corrected chi connectivity index (χ3v) is 13.7. The lowest BCUT2D eigenvalue weighted by atomic mass is 9.82. The van der Waals surface area contributed by atoms with E-state index in [1.807, 2.05) is 18.9 Å². The van der Waals surface area contributed by atoms with Crippen LogP contribution in [0.4, 0.5) is 4.79 Å². The summed E-state index contributed by atoms with van der Waals surface area (Å²) in [5.74, 6) is -3.13. The Kier molecular flexibility index (Phi) is 23.6. The normalized spacial score (nSPS) is 17.6. The average molecular weight is 970 g/mol. The minimum absolute atomic E-state index is 0.00445. The molecule has 3 rings (SSSR count). The van der Waals surface area contributed by atoms with E-state index in [1.165, 1.54) is 11.3 Å². The van der Waals surface area contributed by atoms with E-state index in [0.717, 1.165) is 50.6 Å². The number of likely N-dealkylation sites (tertiary alicyclic amines) is 1. The van der Waals surface area contributed by atoms with Crippen molar-refractivity contribution < 1.29 is 48.1 Å². The molecule has 2 heterocycles. The number of aromatic nitrogens is 1. The van der Waals surface area contributed by atoms with E-state index < -0.39 is 59.6 Å². The molecule has 0 aliphatic carbocycles. The number of carboxylic acids is 1. The highest BCUT2D eigenvalue weighted by molar-refractivity contribution is 7.09. The number of hydrogen-bond acceptors (Lipinski definition) is 12. The van der Waals surface area contributed by atoms with E-state index in [4.69, 9.17) is 19.2 Å². The number of thiazole rings is 1. The van der Waals surface area contributed by atoms with Gasteiger partial charge in [-0.15, -0.1) is 11.3 Å². The molecule has 1 saturated heterocycles. The summed E-state index contributed by atoms with van der Waals surface area (Å²) in [4.78, 5) is 89.1. The minimum Gasteiger partial charge on any atom is -0.481 e. The van der Waals surface area contributed by atoms with Gasteiger partial charge in [0.2, 0.25) is 5.91 Å². The molecule has 1 aromatic heterocycles. The number of esters is 1. The van der Waals surface area contributed by atoms with Gasteiger partial charge >= 0.3 is 18.0 Å². The zero-order valence-electron chi connectivity index (χ0n) is 43.2. The number of amides is 3. The molecule has 16 heteroatoms. The highest BCUT2D eigenvalue weighted by atomic mass is 32.1. The van der Waals surface area contributed by atoms with Crippen LogP contribution in [0.15, 0.2) is 29.6 Å². The van der Waals surface area contributed by atoms with Crippen LogP contribution in [0.5, 0.6) is 5.75 Å². The monoisotopic (exact) mass is 970 g/mol. The number of rotatable bonds is 27. The smallest absolute Gasteiger partial charge is 0.408 e. The molecular formula is C52H83N5O10S. The number of hydrogen-bond donors (Lipinski definition) is 3. The van der Waals surface area contributed by atoms with Crippen LogP contribution in [0.3, 0.4) is 0 Å². The Hall–Kier alpha value is -4.41. The summed E-state index contributed by atoms with van der Waals surface area (Å²) in [6, 6.07) is 4.77. The van der Waals surface area contributed by atoms with Gasteiger partial charge in [-0.1, -0.05) is 87.3 Å². The highest BCUT2D eigenvalue weighted by Crippen LogP contribution is 2.34. The maximum atomic E-state index is 14.8. The summed E-state index contributed by atoms with van der Waals surface area (Å²) in [5.41, 5.74) is 0.196. The van der Waals surface area contributed by atoms with Gasteiger partial charge in [-0.2, -0.15) is 0 Å². The topological polar surface area (TPSA) is 194 Å². The first-order valence-electron chi connectivity index (χ1n) is 24.9. The van der Waals surface area contributed by atoms with Gasteiger partial charge in [0.05, 0.1) is 12.0 Å². The molecule has 0 unspecified atom stereocenters. The van der Waals surface area contributed by atoms with Crippen molar-refractivity contribution in [2.45, 2.75) is 183 Å². The quantitative estimate of drug-likeness (QED) is 0.0568. The summed E-state index contributed by atoms with van der Waals surface area (Å²) in [6.45, 7) is 24.7. The summed E-state index contributed by atoms with van der Waals surface area (Å²) in [7, 11) is 2.01. The van der Waals surface area contributed by atoms with Gasteiger partial charge in [-0.3, -0.25) is 24.1 Å². The lowest BCUT2D eigenvalue weighted by molar-refractivity contribution is -0.145. The van der Waals surface area contributed by atoms with Crippen LogP contribution >= 0.6 is 11.3 Å². The standard InChI is InChI=1S/C52H83N5O10S/c1-14-24-57(48(60)39(34(8)16-3)29-43(58)41-19-17-18-25-56(41)13)42(32(4)5)30-44(65-26-15-2)47-54-40(31-68-47)46(59)53-37(27-35(9)49(61)62)28-36-20-22-38(23-21-36)66-50(63)45(33(6)7)55-51(64)67-52(10,11)12/h20-23,31-35,37,39,41-42,44-45H,14-19,24-30H2,1-13H3,(H,53,59)(H,55,64)(H,61,62)/t34-,35-,37+,39-,41+,42+,44+,45+/m0/s1. The molecule has 15 nitrogen and oxygen atoms in total. The zero-order valence-corrected chi connectivity index (χ0v) is 44.0. The number of carboxylic acid groups (broad SMARTS) is 1. The van der Waals surface area contributed by atoms with E-state index in [-0.39, 0.29) is 72.2 Å². The van der Waals surface area contributed by atoms with Gasteiger partial charge in [-0.25, -0.2) is 14.6 Å².